The van der Waals surface area contributed by atoms with Crippen LogP contribution in [0.5, 0.6) is 0 Å². The zero-order valence-electron chi connectivity index (χ0n) is 17.6. The molecule has 7 nitrogen and oxygen atoms in total. The van der Waals surface area contributed by atoms with E-state index in [-0.39, 0.29) is 10.7 Å². The summed E-state index contributed by atoms with van der Waals surface area (Å²) >= 11 is 8.73. The summed E-state index contributed by atoms with van der Waals surface area (Å²) in [6, 6.07) is 8.25. The van der Waals surface area contributed by atoms with Gasteiger partial charge in [0.15, 0.2) is 5.11 Å². The maximum absolute atomic E-state index is 12.5. The number of halogens is 1. The Morgan fingerprint density at radius 1 is 1.16 bits per heavy atom. The molecule has 0 spiro atoms. The molecule has 0 radical (unpaired) electrons. The maximum Gasteiger partial charge on any atom is 0.265 e. The summed E-state index contributed by atoms with van der Waals surface area (Å²) in [5, 5.41) is 2.66. The Morgan fingerprint density at radius 3 is 2.55 bits per heavy atom. The van der Waals surface area contributed by atoms with Gasteiger partial charge in [0.2, 0.25) is 0 Å². The van der Waals surface area contributed by atoms with Crippen LogP contribution in [-0.2, 0) is 14.3 Å². The fourth-order valence-corrected chi connectivity index (χ4v) is 4.72. The number of carbonyl (C=O) groups excluding carboxylic acids is 2. The van der Waals surface area contributed by atoms with Gasteiger partial charge in [-0.15, -0.1) is 0 Å². The highest BCUT2D eigenvalue weighted by molar-refractivity contribution is 9.10. The van der Waals surface area contributed by atoms with Gasteiger partial charge < -0.3 is 14.2 Å². The average molecular weight is 503 g/mol. The number of ether oxygens (including phenoxy) is 1. The predicted octanol–water partition coefficient (Wildman–Crippen LogP) is 2.95. The molecule has 2 amide bonds. The van der Waals surface area contributed by atoms with Gasteiger partial charge in [0, 0.05) is 41.7 Å². The van der Waals surface area contributed by atoms with Gasteiger partial charge >= 0.3 is 0 Å². The second-order valence-corrected chi connectivity index (χ2v) is 8.82. The topological polar surface area (TPSA) is 66.8 Å². The van der Waals surface area contributed by atoms with E-state index in [0.717, 1.165) is 59.1 Å². The van der Waals surface area contributed by atoms with Crippen molar-refractivity contribution in [2.45, 2.75) is 13.8 Å². The fourth-order valence-electron chi connectivity index (χ4n) is 3.93. The summed E-state index contributed by atoms with van der Waals surface area (Å²) in [6.07, 6.45) is 1.63. The number of aromatic nitrogens is 1. The lowest BCUT2D eigenvalue weighted by atomic mass is 10.1. The maximum atomic E-state index is 12.5. The van der Waals surface area contributed by atoms with E-state index in [4.69, 9.17) is 17.0 Å². The fraction of sp³-hybridized carbons (Fsp3) is 0.318. The lowest BCUT2D eigenvalue weighted by molar-refractivity contribution is -0.128. The van der Waals surface area contributed by atoms with Crippen LogP contribution in [0.2, 0.25) is 0 Å². The van der Waals surface area contributed by atoms with Gasteiger partial charge in [0.05, 0.1) is 18.9 Å². The molecule has 2 aromatic rings. The largest absolute Gasteiger partial charge is 0.378 e. The first-order chi connectivity index (χ1) is 14.8. The van der Waals surface area contributed by atoms with Gasteiger partial charge in [-0.25, -0.2) is 0 Å². The van der Waals surface area contributed by atoms with E-state index in [1.54, 1.807) is 13.1 Å². The molecule has 3 heterocycles. The lowest BCUT2D eigenvalue weighted by Gasteiger charge is -2.30. The normalized spacial score (nSPS) is 18.7. The number of anilines is 1. The van der Waals surface area contributed by atoms with Crippen LogP contribution in [0.25, 0.3) is 11.8 Å². The molecule has 2 saturated heterocycles. The van der Waals surface area contributed by atoms with E-state index in [1.165, 1.54) is 4.90 Å². The Bertz CT molecular complexity index is 1120. The van der Waals surface area contributed by atoms with E-state index < -0.39 is 11.8 Å². The molecular weight excluding hydrogens is 480 g/mol. The lowest BCUT2D eigenvalue weighted by Crippen LogP contribution is -2.52. The molecule has 1 aromatic heterocycles. The minimum atomic E-state index is -0.476. The first kappa shape index (κ1) is 21.7. The number of amides is 2. The highest BCUT2D eigenvalue weighted by Crippen LogP contribution is 2.31. The van der Waals surface area contributed by atoms with Crippen LogP contribution in [0.3, 0.4) is 0 Å². The van der Waals surface area contributed by atoms with Crippen molar-refractivity contribution in [3.63, 3.8) is 0 Å². The van der Waals surface area contributed by atoms with Crippen LogP contribution >= 0.6 is 28.1 Å². The quantitative estimate of drug-likeness (QED) is 0.397. The molecule has 1 aromatic carbocycles. The highest BCUT2D eigenvalue weighted by atomic mass is 79.9. The number of nitrogens with one attached hydrogen (secondary N) is 1. The van der Waals surface area contributed by atoms with Gasteiger partial charge in [0.1, 0.15) is 5.57 Å². The second-order valence-electron chi connectivity index (χ2n) is 7.58. The molecule has 9 heteroatoms. The molecule has 0 aliphatic carbocycles. The van der Waals surface area contributed by atoms with Crippen LogP contribution in [0.4, 0.5) is 5.69 Å². The Morgan fingerprint density at radius 2 is 1.87 bits per heavy atom. The van der Waals surface area contributed by atoms with Crippen LogP contribution < -0.4 is 10.2 Å². The third-order valence-electron chi connectivity index (χ3n) is 5.62. The molecule has 4 rings (SSSR count). The Kier molecular flexibility index (Phi) is 6.00. The molecule has 162 valence electrons. The zero-order chi connectivity index (χ0) is 22.3. The van der Waals surface area contributed by atoms with E-state index in [9.17, 15) is 9.59 Å². The van der Waals surface area contributed by atoms with Crippen molar-refractivity contribution >= 4 is 56.8 Å². The predicted molar refractivity (Wildman–Crippen MR) is 127 cm³/mol. The number of hydrogen-bond donors (Lipinski definition) is 1. The van der Waals surface area contributed by atoms with Gasteiger partial charge in [-0.2, -0.15) is 0 Å². The number of aryl methyl sites for hydroxylation is 1. The molecule has 0 atom stereocenters. The average Bonchev–Trinajstić information content (AvgIpc) is 3.03. The number of likely N-dealkylation sites (N-methyl/N-ethyl adjacent to an activating group) is 1. The molecular formula is C22H23BrN4O3S. The summed E-state index contributed by atoms with van der Waals surface area (Å²) in [7, 11) is 1.55. The Labute approximate surface area is 194 Å². The van der Waals surface area contributed by atoms with Crippen LogP contribution in [0.1, 0.15) is 17.0 Å². The first-order valence-electron chi connectivity index (χ1n) is 9.94. The van der Waals surface area contributed by atoms with E-state index in [2.05, 4.69) is 48.9 Å². The van der Waals surface area contributed by atoms with E-state index in [1.807, 2.05) is 19.9 Å². The number of thiocarbonyl (C=S) groups is 1. The summed E-state index contributed by atoms with van der Waals surface area (Å²) in [6.45, 7) is 7.17. The van der Waals surface area contributed by atoms with Gasteiger partial charge in [-0.3, -0.25) is 19.8 Å². The molecule has 0 saturated carbocycles. The third-order valence-corrected chi connectivity index (χ3v) is 6.63. The third kappa shape index (κ3) is 4.05. The van der Waals surface area contributed by atoms with Crippen molar-refractivity contribution in [3.05, 3.63) is 51.3 Å². The minimum Gasteiger partial charge on any atom is -0.378 e. The van der Waals surface area contributed by atoms with Gasteiger partial charge in [-0.05, 0) is 77.9 Å². The summed E-state index contributed by atoms with van der Waals surface area (Å²) in [5.41, 5.74) is 4.96. The zero-order valence-corrected chi connectivity index (χ0v) is 20.0. The molecule has 0 unspecified atom stereocenters. The number of rotatable bonds is 3. The van der Waals surface area contributed by atoms with Gasteiger partial charge in [0.25, 0.3) is 11.8 Å². The number of nitrogens with zero attached hydrogens (tertiary/aromatic N) is 3. The molecule has 2 aliphatic rings. The number of hydrogen-bond acceptors (Lipinski definition) is 5. The van der Waals surface area contributed by atoms with Crippen molar-refractivity contribution in [1.29, 1.82) is 0 Å². The smallest absolute Gasteiger partial charge is 0.265 e. The van der Waals surface area contributed by atoms with E-state index in [0.29, 0.717) is 0 Å². The standard InChI is InChI=1S/C22H23BrN4O3S/c1-13-10-15(11-17-20(28)24-22(31)25(3)21(17)29)14(2)27(13)16-4-5-19(18(23)12-16)26-6-8-30-9-7-26/h4-5,10-12H,6-9H2,1-3H3,(H,24,28,31)/b17-11-. The minimum absolute atomic E-state index is 0.0696. The molecule has 2 aliphatic heterocycles. The van der Waals surface area contributed by atoms with Crippen molar-refractivity contribution in [2.24, 2.45) is 0 Å². The SMILES string of the molecule is Cc1cc(/C=C2/C(=O)NC(=S)N(C)C2=O)c(C)n1-c1ccc(N2CCOCC2)c(Br)c1. The van der Waals surface area contributed by atoms with Crippen LogP contribution in [-0.4, -0.2) is 59.7 Å². The van der Waals surface area contributed by atoms with E-state index >= 15 is 0 Å². The second kappa shape index (κ2) is 8.57. The summed E-state index contributed by atoms with van der Waals surface area (Å²) in [4.78, 5) is 28.4. The van der Waals surface area contributed by atoms with Crippen molar-refractivity contribution in [3.8, 4) is 5.69 Å². The monoisotopic (exact) mass is 502 g/mol. The summed E-state index contributed by atoms with van der Waals surface area (Å²) in [5.74, 6) is -0.883. The first-order valence-corrected chi connectivity index (χ1v) is 11.1. The molecule has 1 N–H and O–H groups in total. The van der Waals surface area contributed by atoms with Crippen molar-refractivity contribution in [2.75, 3.05) is 38.3 Å². The van der Waals surface area contributed by atoms with Gasteiger partial charge in [-0.1, -0.05) is 0 Å². The number of benzene rings is 1. The number of morpholine rings is 1. The number of carbonyl (C=O) groups is 2. The van der Waals surface area contributed by atoms with Crippen LogP contribution in [0.15, 0.2) is 34.3 Å². The highest BCUT2D eigenvalue weighted by Gasteiger charge is 2.31. The molecule has 0 bridgehead atoms. The Hall–Kier alpha value is -2.49. The molecule has 31 heavy (non-hydrogen) atoms. The Balaban J connectivity index is 1.69. The summed E-state index contributed by atoms with van der Waals surface area (Å²) < 4.78 is 8.57. The van der Waals surface area contributed by atoms with Crippen LogP contribution in [0, 0.1) is 13.8 Å². The molecule has 2 fully saturated rings. The van der Waals surface area contributed by atoms with Crippen molar-refractivity contribution in [1.82, 2.24) is 14.8 Å². The van der Waals surface area contributed by atoms with Crippen molar-refractivity contribution < 1.29 is 14.3 Å².